The van der Waals surface area contributed by atoms with Crippen molar-refractivity contribution in [2.45, 2.75) is 6.61 Å². The van der Waals surface area contributed by atoms with Gasteiger partial charge in [-0.25, -0.2) is 0 Å². The van der Waals surface area contributed by atoms with Crippen molar-refractivity contribution in [1.82, 2.24) is 0 Å². The van der Waals surface area contributed by atoms with Crippen molar-refractivity contribution in [3.63, 3.8) is 0 Å². The van der Waals surface area contributed by atoms with E-state index in [-0.39, 0.29) is 33.0 Å². The normalized spacial score (nSPS) is 10.5. The summed E-state index contributed by atoms with van der Waals surface area (Å²) >= 11 is 12.2. The minimum absolute atomic E-state index is 0. The van der Waals surface area contributed by atoms with Gasteiger partial charge >= 0.3 is 18.9 Å². The first-order valence-corrected chi connectivity index (χ1v) is 9.41. The average molecular weight is 396 g/mol. The van der Waals surface area contributed by atoms with Crippen molar-refractivity contribution in [3.05, 3.63) is 94.0 Å². The van der Waals surface area contributed by atoms with Gasteiger partial charge in [0, 0.05) is 0 Å². The molecular weight excluding hydrogens is 381 g/mol. The van der Waals surface area contributed by atoms with Crippen LogP contribution in [0.2, 0.25) is 10.0 Å². The van der Waals surface area contributed by atoms with Crippen molar-refractivity contribution >= 4 is 42.6 Å². The summed E-state index contributed by atoms with van der Waals surface area (Å²) in [5, 5.41) is 1.67. The SMILES string of the molecule is O=C(Pc1ccc(OCc2ccccc2)cc1)c1c(Cl)cccc1Cl.[Li+]. The van der Waals surface area contributed by atoms with Crippen molar-refractivity contribution in [2.75, 3.05) is 0 Å². The molecule has 126 valence electrons. The van der Waals surface area contributed by atoms with Crippen molar-refractivity contribution < 1.29 is 28.4 Å². The molecule has 6 heteroatoms. The Balaban J connectivity index is 0.00000243. The molecule has 0 heterocycles. The van der Waals surface area contributed by atoms with E-state index in [1.54, 1.807) is 18.2 Å². The van der Waals surface area contributed by atoms with E-state index in [0.29, 0.717) is 22.2 Å². The summed E-state index contributed by atoms with van der Waals surface area (Å²) in [7, 11) is -0.0436. The first kappa shape index (κ1) is 21.0. The Kier molecular flexibility index (Phi) is 8.23. The zero-order valence-electron chi connectivity index (χ0n) is 14.2. The third-order valence-electron chi connectivity index (χ3n) is 3.55. The van der Waals surface area contributed by atoms with Gasteiger partial charge in [0.15, 0.2) is 5.52 Å². The number of hydrogen-bond donors (Lipinski definition) is 0. The molecule has 0 aliphatic carbocycles. The summed E-state index contributed by atoms with van der Waals surface area (Å²) in [5.74, 6) is 0.764. The number of benzene rings is 3. The Morgan fingerprint density at radius 2 is 1.46 bits per heavy atom. The van der Waals surface area contributed by atoms with E-state index in [1.165, 1.54) is 0 Å². The van der Waals surface area contributed by atoms with E-state index >= 15 is 0 Å². The summed E-state index contributed by atoms with van der Waals surface area (Å²) in [6, 6.07) is 22.6. The van der Waals surface area contributed by atoms with Crippen LogP contribution in [0.25, 0.3) is 0 Å². The van der Waals surface area contributed by atoms with Crippen LogP contribution in [0.4, 0.5) is 0 Å². The van der Waals surface area contributed by atoms with Crippen molar-refractivity contribution in [3.8, 4) is 5.75 Å². The third kappa shape index (κ3) is 5.62. The van der Waals surface area contributed by atoms with E-state index < -0.39 is 0 Å². The zero-order valence-corrected chi connectivity index (χ0v) is 16.7. The predicted octanol–water partition coefficient (Wildman–Crippen LogP) is 2.72. The van der Waals surface area contributed by atoms with Gasteiger partial charge in [0.25, 0.3) is 0 Å². The number of rotatable bonds is 6. The molecular formula is C20H15Cl2LiO2P+. The molecule has 1 unspecified atom stereocenters. The molecule has 1 atom stereocenters. The summed E-state index contributed by atoms with van der Waals surface area (Å²) in [6.07, 6.45) is 0. The van der Waals surface area contributed by atoms with Crippen LogP contribution in [0.3, 0.4) is 0 Å². The molecule has 0 N–H and O–H groups in total. The van der Waals surface area contributed by atoms with Crippen molar-refractivity contribution in [2.24, 2.45) is 0 Å². The summed E-state index contributed by atoms with van der Waals surface area (Å²) < 4.78 is 5.75. The standard InChI is InChI=1S/C20H15Cl2O2P.Li/c21-17-7-4-8-18(22)19(17)20(23)25-16-11-9-15(10-12-16)24-13-14-5-2-1-3-6-14;/h1-12,25H,13H2;/q;+1. The Labute approximate surface area is 176 Å². The van der Waals surface area contributed by atoms with Crippen molar-refractivity contribution in [1.29, 1.82) is 0 Å². The fourth-order valence-corrected chi connectivity index (χ4v) is 4.00. The molecule has 0 aliphatic heterocycles. The third-order valence-corrected chi connectivity index (χ3v) is 5.28. The maximum Gasteiger partial charge on any atom is 1.00 e. The van der Waals surface area contributed by atoms with E-state index in [9.17, 15) is 4.79 Å². The second kappa shape index (κ2) is 10.2. The number of carbonyl (C=O) groups is 1. The van der Waals surface area contributed by atoms with Crippen LogP contribution in [-0.2, 0) is 6.61 Å². The smallest absolute Gasteiger partial charge is 0.489 e. The Hall–Kier alpha value is -1.26. The van der Waals surface area contributed by atoms with E-state index in [2.05, 4.69) is 0 Å². The molecule has 0 aliphatic rings. The van der Waals surface area contributed by atoms with Gasteiger partial charge in [0.05, 0.1) is 15.6 Å². The first-order chi connectivity index (χ1) is 12.1. The molecule has 0 bridgehead atoms. The van der Waals surface area contributed by atoms with Gasteiger partial charge < -0.3 is 4.74 Å². The van der Waals surface area contributed by atoms with Gasteiger partial charge in [-0.05, 0) is 43.7 Å². The van der Waals surface area contributed by atoms with Gasteiger partial charge in [-0.15, -0.1) is 0 Å². The van der Waals surface area contributed by atoms with Crippen LogP contribution < -0.4 is 28.9 Å². The van der Waals surface area contributed by atoms with Gasteiger partial charge in [0.2, 0.25) is 0 Å². The monoisotopic (exact) mass is 395 g/mol. The quantitative estimate of drug-likeness (QED) is 0.473. The van der Waals surface area contributed by atoms with Crippen LogP contribution in [0, 0.1) is 0 Å². The molecule has 0 aromatic heterocycles. The Bertz CT molecular complexity index is 850. The minimum Gasteiger partial charge on any atom is -0.489 e. The molecule has 0 radical (unpaired) electrons. The molecule has 3 aromatic rings. The maximum atomic E-state index is 12.5. The molecule has 0 amide bonds. The molecule has 26 heavy (non-hydrogen) atoms. The summed E-state index contributed by atoms with van der Waals surface area (Å²) in [6.45, 7) is 0.511. The number of hydrogen-bond acceptors (Lipinski definition) is 2. The number of ether oxygens (including phenoxy) is 1. The molecule has 0 spiro atoms. The molecule has 0 saturated heterocycles. The van der Waals surface area contributed by atoms with Crippen LogP contribution in [0.5, 0.6) is 5.75 Å². The van der Waals surface area contributed by atoms with Crippen LogP contribution >= 0.6 is 31.8 Å². The molecule has 0 fully saturated rings. The second-order valence-electron chi connectivity index (χ2n) is 5.35. The van der Waals surface area contributed by atoms with Gasteiger partial charge in [-0.1, -0.05) is 71.7 Å². The second-order valence-corrected chi connectivity index (χ2v) is 7.45. The van der Waals surface area contributed by atoms with Gasteiger partial charge in [0.1, 0.15) is 12.4 Å². The average Bonchev–Trinajstić information content (AvgIpc) is 2.62. The van der Waals surface area contributed by atoms with Crippen LogP contribution in [0.1, 0.15) is 15.9 Å². The van der Waals surface area contributed by atoms with Gasteiger partial charge in [-0.2, -0.15) is 0 Å². The fourth-order valence-electron chi connectivity index (χ4n) is 2.28. The first-order valence-electron chi connectivity index (χ1n) is 7.65. The van der Waals surface area contributed by atoms with E-state index in [0.717, 1.165) is 16.6 Å². The van der Waals surface area contributed by atoms with Crippen LogP contribution in [0.15, 0.2) is 72.8 Å². The Morgan fingerprint density at radius 1 is 0.846 bits per heavy atom. The van der Waals surface area contributed by atoms with E-state index in [1.807, 2.05) is 54.6 Å². The summed E-state index contributed by atoms with van der Waals surface area (Å²) in [5.41, 5.74) is 1.42. The summed E-state index contributed by atoms with van der Waals surface area (Å²) in [4.78, 5) is 12.5. The topological polar surface area (TPSA) is 26.3 Å². The number of carbonyl (C=O) groups excluding carboxylic acids is 1. The van der Waals surface area contributed by atoms with Gasteiger partial charge in [-0.3, -0.25) is 4.79 Å². The maximum absolute atomic E-state index is 12.5. The largest absolute Gasteiger partial charge is 1.00 e. The predicted molar refractivity (Wildman–Crippen MR) is 106 cm³/mol. The fraction of sp³-hybridized carbons (Fsp3) is 0.0500. The van der Waals surface area contributed by atoms with Crippen LogP contribution in [-0.4, -0.2) is 5.52 Å². The number of halogens is 2. The molecule has 2 nitrogen and oxygen atoms in total. The molecule has 3 aromatic carbocycles. The Morgan fingerprint density at radius 3 is 2.08 bits per heavy atom. The molecule has 0 saturated carbocycles. The zero-order chi connectivity index (χ0) is 17.6. The minimum atomic E-state index is -0.0754. The molecule has 3 rings (SSSR count). The van der Waals surface area contributed by atoms with E-state index in [4.69, 9.17) is 27.9 Å².